The fourth-order valence-corrected chi connectivity index (χ4v) is 2.61. The standard InChI is InChI=1S/C22H17ClFN3O3/c23-17-5-3-4-16(12-17)14-30-18-10-8-15(9-11-18)13-25-27-22(29)21(28)26-20-7-2-1-6-19(20)24/h1-13H,14H2,(H,26,28)(H,27,29)/b25-13+. The Labute approximate surface area is 177 Å². The van der Waals surface area contributed by atoms with Gasteiger partial charge in [0.1, 0.15) is 18.2 Å². The van der Waals surface area contributed by atoms with E-state index in [0.717, 1.165) is 5.56 Å². The molecule has 0 bridgehead atoms. The molecule has 0 aliphatic rings. The minimum absolute atomic E-state index is 0.0880. The van der Waals surface area contributed by atoms with Crippen LogP contribution in [0.2, 0.25) is 5.02 Å². The van der Waals surface area contributed by atoms with Crippen LogP contribution in [-0.4, -0.2) is 18.0 Å². The van der Waals surface area contributed by atoms with Crippen LogP contribution in [0.15, 0.2) is 77.9 Å². The molecular formula is C22H17ClFN3O3. The van der Waals surface area contributed by atoms with Gasteiger partial charge in [-0.05, 0) is 59.7 Å². The van der Waals surface area contributed by atoms with E-state index < -0.39 is 17.6 Å². The van der Waals surface area contributed by atoms with Crippen molar-refractivity contribution in [1.29, 1.82) is 0 Å². The molecule has 152 valence electrons. The highest BCUT2D eigenvalue weighted by Crippen LogP contribution is 2.16. The number of anilines is 1. The van der Waals surface area contributed by atoms with Gasteiger partial charge in [0, 0.05) is 5.02 Å². The lowest BCUT2D eigenvalue weighted by Crippen LogP contribution is -2.32. The van der Waals surface area contributed by atoms with Gasteiger partial charge in [-0.3, -0.25) is 9.59 Å². The van der Waals surface area contributed by atoms with E-state index in [4.69, 9.17) is 16.3 Å². The number of carbonyl (C=O) groups excluding carboxylic acids is 2. The molecule has 30 heavy (non-hydrogen) atoms. The molecular weight excluding hydrogens is 409 g/mol. The van der Waals surface area contributed by atoms with Gasteiger partial charge in [-0.2, -0.15) is 5.10 Å². The highest BCUT2D eigenvalue weighted by Gasteiger charge is 2.14. The smallest absolute Gasteiger partial charge is 0.329 e. The SMILES string of the molecule is O=C(N/N=C/c1ccc(OCc2cccc(Cl)c2)cc1)C(=O)Nc1ccccc1F. The van der Waals surface area contributed by atoms with Crippen molar-refractivity contribution in [1.82, 2.24) is 5.43 Å². The molecule has 3 aromatic carbocycles. The number of hydrogen-bond donors (Lipinski definition) is 2. The summed E-state index contributed by atoms with van der Waals surface area (Å²) >= 11 is 5.94. The van der Waals surface area contributed by atoms with Crippen LogP contribution >= 0.6 is 11.6 Å². The summed E-state index contributed by atoms with van der Waals surface area (Å²) in [4.78, 5) is 23.5. The van der Waals surface area contributed by atoms with Crippen LogP contribution in [0.5, 0.6) is 5.75 Å². The number of ether oxygens (including phenoxy) is 1. The number of hydrazone groups is 1. The molecule has 6 nitrogen and oxygen atoms in total. The zero-order chi connectivity index (χ0) is 21.3. The number of halogens is 2. The van der Waals surface area contributed by atoms with E-state index in [1.807, 2.05) is 18.2 Å². The second-order valence-electron chi connectivity index (χ2n) is 6.12. The van der Waals surface area contributed by atoms with Gasteiger partial charge in [-0.25, -0.2) is 9.82 Å². The quantitative estimate of drug-likeness (QED) is 0.354. The van der Waals surface area contributed by atoms with Gasteiger partial charge in [0.15, 0.2) is 0 Å². The largest absolute Gasteiger partial charge is 0.489 e. The van der Waals surface area contributed by atoms with E-state index in [0.29, 0.717) is 22.9 Å². The summed E-state index contributed by atoms with van der Waals surface area (Å²) < 4.78 is 19.2. The molecule has 0 atom stereocenters. The average molecular weight is 426 g/mol. The fourth-order valence-electron chi connectivity index (χ4n) is 2.40. The molecule has 0 saturated heterocycles. The number of benzene rings is 3. The number of rotatable bonds is 6. The van der Waals surface area contributed by atoms with Crippen LogP contribution < -0.4 is 15.5 Å². The lowest BCUT2D eigenvalue weighted by Gasteiger charge is -2.07. The summed E-state index contributed by atoms with van der Waals surface area (Å²) in [5.41, 5.74) is 3.63. The second kappa shape index (κ2) is 10.2. The summed E-state index contributed by atoms with van der Waals surface area (Å²) in [6.07, 6.45) is 1.37. The van der Waals surface area contributed by atoms with E-state index in [9.17, 15) is 14.0 Å². The molecule has 2 amide bonds. The third-order valence-corrected chi connectivity index (χ3v) is 4.12. The molecule has 0 unspecified atom stereocenters. The van der Waals surface area contributed by atoms with Gasteiger partial charge in [0.05, 0.1) is 11.9 Å². The maximum Gasteiger partial charge on any atom is 0.329 e. The molecule has 3 rings (SSSR count). The molecule has 0 saturated carbocycles. The Morgan fingerprint density at radius 3 is 2.50 bits per heavy atom. The molecule has 3 aromatic rings. The number of nitrogens with zero attached hydrogens (tertiary/aromatic N) is 1. The molecule has 0 fully saturated rings. The normalized spacial score (nSPS) is 10.6. The van der Waals surface area contributed by atoms with Crippen LogP contribution in [0.3, 0.4) is 0 Å². The Bertz CT molecular complexity index is 1070. The maximum absolute atomic E-state index is 13.5. The molecule has 8 heteroatoms. The highest BCUT2D eigenvalue weighted by atomic mass is 35.5. The van der Waals surface area contributed by atoms with E-state index in [1.54, 1.807) is 30.3 Å². The number of carbonyl (C=O) groups is 2. The summed E-state index contributed by atoms with van der Waals surface area (Å²) in [7, 11) is 0. The van der Waals surface area contributed by atoms with E-state index in [1.165, 1.54) is 30.5 Å². The summed E-state index contributed by atoms with van der Waals surface area (Å²) in [6.45, 7) is 0.376. The van der Waals surface area contributed by atoms with E-state index in [2.05, 4.69) is 15.8 Å². The first-order valence-electron chi connectivity index (χ1n) is 8.87. The molecule has 0 aliphatic carbocycles. The van der Waals surface area contributed by atoms with Crippen LogP contribution in [0, 0.1) is 5.82 Å². The molecule has 2 N–H and O–H groups in total. The van der Waals surface area contributed by atoms with Crippen molar-refractivity contribution in [3.05, 3.63) is 94.8 Å². The predicted octanol–water partition coefficient (Wildman–Crippen LogP) is 4.15. The Balaban J connectivity index is 1.48. The Hall–Kier alpha value is -3.71. The highest BCUT2D eigenvalue weighted by molar-refractivity contribution is 6.39. The Morgan fingerprint density at radius 1 is 1.00 bits per heavy atom. The number of para-hydroxylation sites is 1. The predicted molar refractivity (Wildman–Crippen MR) is 113 cm³/mol. The number of amides is 2. The first kappa shape index (κ1) is 21.0. The van der Waals surface area contributed by atoms with Gasteiger partial charge >= 0.3 is 11.8 Å². The van der Waals surface area contributed by atoms with E-state index in [-0.39, 0.29) is 5.69 Å². The molecule has 0 aliphatic heterocycles. The molecule has 0 aromatic heterocycles. The van der Waals surface area contributed by atoms with Crippen molar-refractivity contribution < 1.29 is 18.7 Å². The van der Waals surface area contributed by atoms with Crippen LogP contribution in [0.25, 0.3) is 0 Å². The summed E-state index contributed by atoms with van der Waals surface area (Å²) in [5.74, 6) is -2.03. The zero-order valence-electron chi connectivity index (χ0n) is 15.6. The minimum Gasteiger partial charge on any atom is -0.489 e. The Morgan fingerprint density at radius 2 is 1.77 bits per heavy atom. The fraction of sp³-hybridized carbons (Fsp3) is 0.0455. The Kier molecular flexibility index (Phi) is 7.13. The van der Waals surface area contributed by atoms with Crippen molar-refractivity contribution in [3.63, 3.8) is 0 Å². The lowest BCUT2D eigenvalue weighted by atomic mass is 10.2. The van der Waals surface area contributed by atoms with E-state index >= 15 is 0 Å². The lowest BCUT2D eigenvalue weighted by molar-refractivity contribution is -0.136. The van der Waals surface area contributed by atoms with Crippen molar-refractivity contribution in [3.8, 4) is 5.75 Å². The zero-order valence-corrected chi connectivity index (χ0v) is 16.4. The minimum atomic E-state index is -1.03. The number of hydrogen-bond acceptors (Lipinski definition) is 4. The molecule has 0 heterocycles. The second-order valence-corrected chi connectivity index (χ2v) is 6.56. The summed E-state index contributed by atoms with van der Waals surface area (Å²) in [6, 6.07) is 19.9. The van der Waals surface area contributed by atoms with Gasteiger partial charge in [-0.1, -0.05) is 35.9 Å². The topological polar surface area (TPSA) is 79.8 Å². The van der Waals surface area contributed by atoms with Crippen molar-refractivity contribution >= 4 is 35.3 Å². The van der Waals surface area contributed by atoms with Gasteiger partial charge in [-0.15, -0.1) is 0 Å². The first-order valence-corrected chi connectivity index (χ1v) is 9.25. The van der Waals surface area contributed by atoms with Gasteiger partial charge < -0.3 is 10.1 Å². The van der Waals surface area contributed by atoms with Crippen LogP contribution in [-0.2, 0) is 16.2 Å². The molecule has 0 spiro atoms. The van der Waals surface area contributed by atoms with Crippen molar-refractivity contribution in [2.45, 2.75) is 6.61 Å². The van der Waals surface area contributed by atoms with Crippen LogP contribution in [0.1, 0.15) is 11.1 Å². The number of nitrogens with one attached hydrogen (secondary N) is 2. The van der Waals surface area contributed by atoms with Gasteiger partial charge in [0.25, 0.3) is 0 Å². The third-order valence-electron chi connectivity index (χ3n) is 3.88. The maximum atomic E-state index is 13.5. The molecule has 0 radical (unpaired) electrons. The monoisotopic (exact) mass is 425 g/mol. The summed E-state index contributed by atoms with van der Waals surface area (Å²) in [5, 5.41) is 6.54. The third kappa shape index (κ3) is 6.15. The first-order chi connectivity index (χ1) is 14.5. The van der Waals surface area contributed by atoms with Crippen molar-refractivity contribution in [2.24, 2.45) is 5.10 Å². The average Bonchev–Trinajstić information content (AvgIpc) is 2.75. The van der Waals surface area contributed by atoms with Crippen molar-refractivity contribution in [2.75, 3.05) is 5.32 Å². The van der Waals surface area contributed by atoms with Crippen LogP contribution in [0.4, 0.5) is 10.1 Å². The van der Waals surface area contributed by atoms with Gasteiger partial charge in [0.2, 0.25) is 0 Å².